The molecule has 2 aromatic carbocycles. The van der Waals surface area contributed by atoms with Crippen LogP contribution in [0.3, 0.4) is 0 Å². The number of ether oxygens (including phenoxy) is 2. The summed E-state index contributed by atoms with van der Waals surface area (Å²) in [6.45, 7) is 0. The van der Waals surface area contributed by atoms with Crippen molar-refractivity contribution in [1.29, 1.82) is 0 Å². The minimum Gasteiger partial charge on any atom is -0.497 e. The minimum absolute atomic E-state index is 0.0751. The van der Waals surface area contributed by atoms with Crippen molar-refractivity contribution in [2.24, 2.45) is 0 Å². The number of carbonyl (C=O) groups excluding carboxylic acids is 1. The Bertz CT molecular complexity index is 1160. The Labute approximate surface area is 186 Å². The van der Waals surface area contributed by atoms with Crippen LogP contribution in [0.5, 0.6) is 11.5 Å². The van der Waals surface area contributed by atoms with E-state index in [2.05, 4.69) is 15.7 Å². The lowest BCUT2D eigenvalue weighted by molar-refractivity contribution is -0.173. The summed E-state index contributed by atoms with van der Waals surface area (Å²) >= 11 is 0. The van der Waals surface area contributed by atoms with Gasteiger partial charge in [-0.2, -0.15) is 18.3 Å². The molecule has 0 radical (unpaired) electrons. The molecule has 0 aliphatic carbocycles. The van der Waals surface area contributed by atoms with Gasteiger partial charge in [0.2, 0.25) is 0 Å². The molecule has 2 N–H and O–H groups in total. The number of benzene rings is 2. The van der Waals surface area contributed by atoms with E-state index in [1.54, 1.807) is 18.2 Å². The molecule has 174 valence electrons. The van der Waals surface area contributed by atoms with E-state index < -0.39 is 30.0 Å². The highest BCUT2D eigenvalue weighted by Crippen LogP contribution is 2.44. The lowest BCUT2D eigenvalue weighted by Gasteiger charge is -2.34. The van der Waals surface area contributed by atoms with Crippen LogP contribution in [0.15, 0.2) is 48.7 Å². The Kier molecular flexibility index (Phi) is 5.88. The van der Waals surface area contributed by atoms with Crippen LogP contribution in [0.2, 0.25) is 0 Å². The van der Waals surface area contributed by atoms with Crippen LogP contribution in [0, 0.1) is 5.82 Å². The Morgan fingerprint density at radius 2 is 1.88 bits per heavy atom. The van der Waals surface area contributed by atoms with E-state index in [0.717, 1.165) is 10.9 Å². The van der Waals surface area contributed by atoms with Crippen LogP contribution >= 0.6 is 0 Å². The Balaban J connectivity index is 1.68. The standard InChI is InChI=1S/C22H20F4N4O3/c1-32-14-7-8-16(18(9-14)33-2)29-21(31)15-11-27-30-19(22(24,25)26)10-17(28-20(15)30)12-3-5-13(23)6-4-12/h3-9,11,17,19,28H,10H2,1-2H3,(H,29,31)/t17-,19-/m0/s1. The average molecular weight is 464 g/mol. The van der Waals surface area contributed by atoms with Crippen LogP contribution in [0.25, 0.3) is 0 Å². The molecule has 1 amide bonds. The summed E-state index contributed by atoms with van der Waals surface area (Å²) in [6.07, 6.45) is -3.88. The molecule has 1 aromatic heterocycles. The molecule has 0 bridgehead atoms. The highest BCUT2D eigenvalue weighted by atomic mass is 19.4. The van der Waals surface area contributed by atoms with Crippen molar-refractivity contribution < 1.29 is 31.8 Å². The third kappa shape index (κ3) is 4.43. The number of hydrogen-bond donors (Lipinski definition) is 2. The number of methoxy groups -OCH3 is 2. The molecule has 2 atom stereocenters. The number of nitrogens with zero attached hydrogens (tertiary/aromatic N) is 2. The number of nitrogens with one attached hydrogen (secondary N) is 2. The fourth-order valence-corrected chi connectivity index (χ4v) is 3.73. The number of hydrogen-bond acceptors (Lipinski definition) is 5. The topological polar surface area (TPSA) is 77.4 Å². The smallest absolute Gasteiger partial charge is 0.410 e. The van der Waals surface area contributed by atoms with Gasteiger partial charge >= 0.3 is 6.18 Å². The van der Waals surface area contributed by atoms with Crippen LogP contribution in [-0.2, 0) is 0 Å². The van der Waals surface area contributed by atoms with Gasteiger partial charge < -0.3 is 20.1 Å². The molecule has 1 aliphatic heterocycles. The summed E-state index contributed by atoms with van der Waals surface area (Å²) in [6, 6.07) is 7.13. The number of amides is 1. The molecule has 2 heterocycles. The van der Waals surface area contributed by atoms with Gasteiger partial charge in [-0.05, 0) is 29.8 Å². The van der Waals surface area contributed by atoms with E-state index in [1.807, 2.05) is 0 Å². The van der Waals surface area contributed by atoms with Gasteiger partial charge in [-0.25, -0.2) is 9.07 Å². The van der Waals surface area contributed by atoms with Gasteiger partial charge in [-0.3, -0.25) is 4.79 Å². The van der Waals surface area contributed by atoms with E-state index >= 15 is 0 Å². The minimum atomic E-state index is -4.60. The van der Waals surface area contributed by atoms with Gasteiger partial charge in [-0.1, -0.05) is 12.1 Å². The molecule has 0 fully saturated rings. The van der Waals surface area contributed by atoms with Gasteiger partial charge in [0.1, 0.15) is 28.7 Å². The van der Waals surface area contributed by atoms with E-state index in [4.69, 9.17) is 9.47 Å². The second-order valence-electron chi connectivity index (χ2n) is 7.41. The zero-order valence-corrected chi connectivity index (χ0v) is 17.6. The summed E-state index contributed by atoms with van der Waals surface area (Å²) < 4.78 is 65.9. The maximum Gasteiger partial charge on any atom is 0.410 e. The van der Waals surface area contributed by atoms with Gasteiger partial charge in [0, 0.05) is 12.5 Å². The summed E-state index contributed by atoms with van der Waals surface area (Å²) in [5.74, 6) is -0.435. The van der Waals surface area contributed by atoms with Crippen molar-refractivity contribution in [1.82, 2.24) is 9.78 Å². The molecule has 0 spiro atoms. The van der Waals surface area contributed by atoms with Crippen molar-refractivity contribution in [2.75, 3.05) is 24.9 Å². The SMILES string of the molecule is COc1ccc(NC(=O)c2cnn3c2N[C@H](c2ccc(F)cc2)C[C@H]3C(F)(F)F)c(OC)c1. The zero-order chi connectivity index (χ0) is 23.8. The lowest BCUT2D eigenvalue weighted by atomic mass is 9.96. The van der Waals surface area contributed by atoms with Crippen LogP contribution in [-0.4, -0.2) is 36.1 Å². The highest BCUT2D eigenvalue weighted by molar-refractivity contribution is 6.08. The molecule has 1 aliphatic rings. The molecule has 7 nitrogen and oxygen atoms in total. The Morgan fingerprint density at radius 3 is 2.52 bits per heavy atom. The molecule has 0 unspecified atom stereocenters. The molecule has 3 aromatic rings. The Morgan fingerprint density at radius 1 is 1.15 bits per heavy atom. The summed E-state index contributed by atoms with van der Waals surface area (Å²) in [4.78, 5) is 13.0. The van der Waals surface area contributed by atoms with Crippen LogP contribution in [0.4, 0.5) is 29.1 Å². The van der Waals surface area contributed by atoms with Crippen molar-refractivity contribution in [3.05, 3.63) is 65.6 Å². The molecular weight excluding hydrogens is 444 g/mol. The quantitative estimate of drug-likeness (QED) is 0.523. The second-order valence-corrected chi connectivity index (χ2v) is 7.41. The van der Waals surface area contributed by atoms with E-state index in [-0.39, 0.29) is 17.8 Å². The van der Waals surface area contributed by atoms with Crippen molar-refractivity contribution >= 4 is 17.4 Å². The predicted octanol–water partition coefficient (Wildman–Crippen LogP) is 4.95. The normalized spacial score (nSPS) is 17.6. The Hall–Kier alpha value is -3.76. The van der Waals surface area contributed by atoms with Crippen LogP contribution in [0.1, 0.15) is 34.4 Å². The lowest BCUT2D eigenvalue weighted by Crippen LogP contribution is -2.36. The van der Waals surface area contributed by atoms with Crippen molar-refractivity contribution in [2.45, 2.75) is 24.7 Å². The third-order valence-electron chi connectivity index (χ3n) is 5.41. The number of alkyl halides is 3. The first-order valence-electron chi connectivity index (χ1n) is 9.91. The number of aromatic nitrogens is 2. The molecule has 11 heteroatoms. The first-order valence-corrected chi connectivity index (χ1v) is 9.91. The summed E-state index contributed by atoms with van der Waals surface area (Å²) in [5, 5.41) is 9.44. The highest BCUT2D eigenvalue weighted by Gasteiger charge is 2.47. The van der Waals surface area contributed by atoms with Gasteiger partial charge in [-0.15, -0.1) is 0 Å². The third-order valence-corrected chi connectivity index (χ3v) is 5.41. The van der Waals surface area contributed by atoms with Gasteiger partial charge in [0.25, 0.3) is 5.91 Å². The fourth-order valence-electron chi connectivity index (χ4n) is 3.73. The first-order chi connectivity index (χ1) is 15.7. The van der Waals surface area contributed by atoms with E-state index in [9.17, 15) is 22.4 Å². The zero-order valence-electron chi connectivity index (χ0n) is 17.6. The van der Waals surface area contributed by atoms with Gasteiger partial charge in [0.05, 0.1) is 32.1 Å². The maximum atomic E-state index is 13.8. The molecule has 0 saturated heterocycles. The largest absolute Gasteiger partial charge is 0.497 e. The monoisotopic (exact) mass is 464 g/mol. The molecule has 33 heavy (non-hydrogen) atoms. The average Bonchev–Trinajstić information content (AvgIpc) is 3.22. The van der Waals surface area contributed by atoms with Crippen LogP contribution < -0.4 is 20.1 Å². The number of halogens is 4. The van der Waals surface area contributed by atoms with E-state index in [1.165, 1.54) is 38.5 Å². The number of fused-ring (bicyclic) bond motifs is 1. The first kappa shape index (κ1) is 22.4. The molecule has 0 saturated carbocycles. The maximum absolute atomic E-state index is 13.8. The summed E-state index contributed by atoms with van der Waals surface area (Å²) in [7, 11) is 2.89. The fraction of sp³-hybridized carbons (Fsp3) is 0.273. The summed E-state index contributed by atoms with van der Waals surface area (Å²) in [5.41, 5.74) is 0.691. The second kappa shape index (κ2) is 8.64. The number of rotatable bonds is 5. The van der Waals surface area contributed by atoms with Gasteiger partial charge in [0.15, 0.2) is 6.04 Å². The molecular formula is C22H20F4N4O3. The van der Waals surface area contributed by atoms with Crippen molar-refractivity contribution in [3.8, 4) is 11.5 Å². The van der Waals surface area contributed by atoms with Crippen molar-refractivity contribution in [3.63, 3.8) is 0 Å². The predicted molar refractivity (Wildman–Crippen MR) is 112 cm³/mol. The number of carbonyl (C=O) groups is 1. The molecule has 4 rings (SSSR count). The van der Waals surface area contributed by atoms with E-state index in [0.29, 0.717) is 22.7 Å². The number of anilines is 2.